The van der Waals surface area contributed by atoms with Crippen molar-refractivity contribution in [2.45, 2.75) is 18.9 Å². The fraction of sp³-hybridized carbons (Fsp3) is 0.308. The lowest BCUT2D eigenvalue weighted by molar-refractivity contribution is -0.122. The van der Waals surface area contributed by atoms with Crippen LogP contribution in [-0.4, -0.2) is 60.4 Å². The molecule has 2 heterocycles. The van der Waals surface area contributed by atoms with Crippen LogP contribution < -0.4 is 5.32 Å². The molecule has 32 heavy (non-hydrogen) atoms. The highest BCUT2D eigenvalue weighted by molar-refractivity contribution is 7.17. The molecule has 0 radical (unpaired) electrons. The molecule has 1 saturated heterocycles. The van der Waals surface area contributed by atoms with E-state index in [0.29, 0.717) is 25.7 Å². The molecule has 1 saturated carbocycles. The van der Waals surface area contributed by atoms with E-state index in [1.54, 1.807) is 11.3 Å². The Morgan fingerprint density at radius 3 is 2.16 bits per heavy atom. The van der Waals surface area contributed by atoms with Crippen LogP contribution in [0.15, 0.2) is 66.7 Å². The van der Waals surface area contributed by atoms with E-state index in [1.807, 2.05) is 35.2 Å². The summed E-state index contributed by atoms with van der Waals surface area (Å²) < 4.78 is 0. The Morgan fingerprint density at radius 1 is 0.812 bits per heavy atom. The van der Waals surface area contributed by atoms with Crippen molar-refractivity contribution in [2.24, 2.45) is 0 Å². The van der Waals surface area contributed by atoms with Gasteiger partial charge in [-0.25, -0.2) is 0 Å². The van der Waals surface area contributed by atoms with Crippen LogP contribution in [0.2, 0.25) is 0 Å². The molecule has 5 nitrogen and oxygen atoms in total. The summed E-state index contributed by atoms with van der Waals surface area (Å²) in [7, 11) is 0. The second kappa shape index (κ2) is 9.27. The quantitative estimate of drug-likeness (QED) is 0.621. The van der Waals surface area contributed by atoms with E-state index < -0.39 is 0 Å². The summed E-state index contributed by atoms with van der Waals surface area (Å²) in [6, 6.07) is 23.2. The van der Waals surface area contributed by atoms with Crippen LogP contribution in [0.5, 0.6) is 0 Å². The molecule has 3 aromatic rings. The van der Waals surface area contributed by atoms with Gasteiger partial charge in [0.05, 0.1) is 11.4 Å². The first-order valence-corrected chi connectivity index (χ1v) is 12.0. The van der Waals surface area contributed by atoms with Crippen LogP contribution in [0.3, 0.4) is 0 Å². The van der Waals surface area contributed by atoms with Crippen LogP contribution in [0.25, 0.3) is 21.6 Å². The van der Waals surface area contributed by atoms with E-state index in [0.717, 1.165) is 41.2 Å². The number of nitrogens with zero attached hydrogens (tertiary/aromatic N) is 2. The van der Waals surface area contributed by atoms with Crippen molar-refractivity contribution in [1.82, 2.24) is 15.1 Å². The van der Waals surface area contributed by atoms with Crippen molar-refractivity contribution in [1.29, 1.82) is 0 Å². The predicted molar refractivity (Wildman–Crippen MR) is 129 cm³/mol. The molecular weight excluding hydrogens is 418 g/mol. The summed E-state index contributed by atoms with van der Waals surface area (Å²) in [6.45, 7) is 3.23. The Labute approximate surface area is 192 Å². The molecule has 0 unspecified atom stereocenters. The van der Waals surface area contributed by atoms with Gasteiger partial charge in [-0.3, -0.25) is 14.5 Å². The Morgan fingerprint density at radius 2 is 1.47 bits per heavy atom. The Kier molecular flexibility index (Phi) is 6.06. The summed E-state index contributed by atoms with van der Waals surface area (Å²) in [4.78, 5) is 30.9. The maximum atomic E-state index is 13.0. The largest absolute Gasteiger partial charge is 0.352 e. The van der Waals surface area contributed by atoms with Gasteiger partial charge in [-0.05, 0) is 41.7 Å². The monoisotopic (exact) mass is 445 g/mol. The van der Waals surface area contributed by atoms with Gasteiger partial charge in [0, 0.05) is 37.1 Å². The minimum atomic E-state index is 0.0873. The van der Waals surface area contributed by atoms with Crippen LogP contribution in [-0.2, 0) is 4.79 Å². The highest BCUT2D eigenvalue weighted by Gasteiger charge is 2.27. The summed E-state index contributed by atoms with van der Waals surface area (Å²) >= 11 is 1.55. The van der Waals surface area contributed by atoms with Gasteiger partial charge in [-0.1, -0.05) is 54.6 Å². The third-order valence-electron chi connectivity index (χ3n) is 6.06. The van der Waals surface area contributed by atoms with Crippen molar-refractivity contribution >= 4 is 23.2 Å². The average molecular weight is 446 g/mol. The van der Waals surface area contributed by atoms with Gasteiger partial charge in [0.25, 0.3) is 5.91 Å². The minimum absolute atomic E-state index is 0.0873. The number of rotatable bonds is 6. The first-order valence-electron chi connectivity index (χ1n) is 11.2. The van der Waals surface area contributed by atoms with Crippen LogP contribution >= 0.6 is 11.3 Å². The van der Waals surface area contributed by atoms with Crippen molar-refractivity contribution in [3.05, 3.63) is 71.6 Å². The fourth-order valence-electron chi connectivity index (χ4n) is 4.03. The molecule has 0 spiro atoms. The van der Waals surface area contributed by atoms with Crippen molar-refractivity contribution < 1.29 is 9.59 Å². The van der Waals surface area contributed by atoms with E-state index in [9.17, 15) is 9.59 Å². The number of thiophene rings is 1. The topological polar surface area (TPSA) is 52.7 Å². The number of piperazine rings is 1. The lowest BCUT2D eigenvalue weighted by Gasteiger charge is -2.34. The summed E-state index contributed by atoms with van der Waals surface area (Å²) in [6.07, 6.45) is 2.21. The van der Waals surface area contributed by atoms with Gasteiger partial charge < -0.3 is 10.2 Å². The van der Waals surface area contributed by atoms with Gasteiger partial charge in [-0.15, -0.1) is 11.3 Å². The average Bonchev–Trinajstić information content (AvgIpc) is 3.51. The molecule has 0 atom stereocenters. The van der Waals surface area contributed by atoms with Crippen molar-refractivity contribution in [3.63, 3.8) is 0 Å². The van der Waals surface area contributed by atoms with Gasteiger partial charge in [0.2, 0.25) is 5.91 Å². The van der Waals surface area contributed by atoms with Gasteiger partial charge in [-0.2, -0.15) is 0 Å². The van der Waals surface area contributed by atoms with E-state index in [4.69, 9.17) is 0 Å². The number of hydrogen-bond donors (Lipinski definition) is 1. The molecule has 6 heteroatoms. The van der Waals surface area contributed by atoms with Crippen LogP contribution in [0.4, 0.5) is 0 Å². The second-order valence-corrected chi connectivity index (χ2v) is 9.60. The smallest absolute Gasteiger partial charge is 0.264 e. The molecule has 2 fully saturated rings. The van der Waals surface area contributed by atoms with Gasteiger partial charge in [0.1, 0.15) is 0 Å². The molecule has 164 valence electrons. The number of carbonyl (C=O) groups excluding carboxylic acids is 2. The normalized spacial score (nSPS) is 16.7. The first kappa shape index (κ1) is 20.9. The highest BCUT2D eigenvalue weighted by Crippen LogP contribution is 2.31. The highest BCUT2D eigenvalue weighted by atomic mass is 32.1. The minimum Gasteiger partial charge on any atom is -0.352 e. The molecule has 1 N–H and O–H groups in total. The Balaban J connectivity index is 1.17. The lowest BCUT2D eigenvalue weighted by Crippen LogP contribution is -2.51. The standard InChI is InChI=1S/C26H27N3O2S/c30-25(27-22-10-11-22)18-28-14-16-29(17-15-28)26(31)24-13-12-23(32-24)21-8-6-20(7-9-21)19-4-2-1-3-5-19/h1-9,12-13,22H,10-11,14-18H2,(H,27,30). The fourth-order valence-corrected chi connectivity index (χ4v) is 5.01. The molecule has 1 aromatic heterocycles. The summed E-state index contributed by atoms with van der Waals surface area (Å²) in [5, 5.41) is 3.03. The van der Waals surface area contributed by atoms with Crippen LogP contribution in [0.1, 0.15) is 22.5 Å². The van der Waals surface area contributed by atoms with E-state index >= 15 is 0 Å². The zero-order chi connectivity index (χ0) is 21.9. The maximum absolute atomic E-state index is 13.0. The zero-order valence-corrected chi connectivity index (χ0v) is 18.8. The molecule has 1 aliphatic heterocycles. The molecule has 0 bridgehead atoms. The predicted octanol–water partition coefficient (Wildman–Crippen LogP) is 4.12. The number of hydrogen-bond acceptors (Lipinski definition) is 4. The van der Waals surface area contributed by atoms with Crippen LogP contribution in [0, 0.1) is 0 Å². The lowest BCUT2D eigenvalue weighted by atomic mass is 10.0. The van der Waals surface area contributed by atoms with Crippen molar-refractivity contribution in [3.8, 4) is 21.6 Å². The molecule has 2 aliphatic rings. The SMILES string of the molecule is O=C(CN1CCN(C(=O)c2ccc(-c3ccc(-c4ccccc4)cc3)s2)CC1)NC1CC1. The number of nitrogens with one attached hydrogen (secondary N) is 1. The second-order valence-electron chi connectivity index (χ2n) is 8.52. The van der Waals surface area contributed by atoms with Gasteiger partial charge >= 0.3 is 0 Å². The maximum Gasteiger partial charge on any atom is 0.264 e. The zero-order valence-electron chi connectivity index (χ0n) is 18.0. The number of amides is 2. The molecule has 2 amide bonds. The Bertz CT molecular complexity index is 1080. The third kappa shape index (κ3) is 4.92. The van der Waals surface area contributed by atoms with E-state index in [2.05, 4.69) is 46.6 Å². The molecule has 1 aliphatic carbocycles. The summed E-state index contributed by atoms with van der Waals surface area (Å²) in [5.74, 6) is 0.192. The molecule has 2 aromatic carbocycles. The number of benzene rings is 2. The van der Waals surface area contributed by atoms with E-state index in [-0.39, 0.29) is 11.8 Å². The summed E-state index contributed by atoms with van der Waals surface area (Å²) in [5.41, 5.74) is 3.51. The van der Waals surface area contributed by atoms with E-state index in [1.165, 1.54) is 11.1 Å². The Hall–Kier alpha value is -2.96. The van der Waals surface area contributed by atoms with Gasteiger partial charge in [0.15, 0.2) is 0 Å². The van der Waals surface area contributed by atoms with Crippen molar-refractivity contribution in [2.75, 3.05) is 32.7 Å². The molecule has 5 rings (SSSR count). The first-order chi connectivity index (χ1) is 15.7. The molecular formula is C26H27N3O2S. The number of carbonyl (C=O) groups is 2. The third-order valence-corrected chi connectivity index (χ3v) is 7.18.